The Hall–Kier alpha value is -3.12. The molecule has 2 aromatic heterocycles. The van der Waals surface area contributed by atoms with Gasteiger partial charge in [0.1, 0.15) is 23.8 Å². The Morgan fingerprint density at radius 1 is 1.20 bits per heavy atom. The molecule has 4 rings (SSSR count). The molecule has 0 amide bonds. The van der Waals surface area contributed by atoms with Gasteiger partial charge in [-0.3, -0.25) is 4.57 Å². The highest BCUT2D eigenvalue weighted by atomic mass is 16.6. The molecule has 11 heteroatoms. The average molecular weight is 413 g/mol. The van der Waals surface area contributed by atoms with E-state index in [1.54, 1.807) is 6.21 Å². The SMILES string of the molecule is Nc1nc(N/N=C/CCc2ccccc2)nc2c1ncn2C1OC(CO)C(O)C1O. The van der Waals surface area contributed by atoms with Crippen molar-refractivity contribution in [2.24, 2.45) is 5.10 Å². The molecule has 1 aliphatic rings. The zero-order valence-corrected chi connectivity index (χ0v) is 16.0. The molecule has 1 saturated heterocycles. The summed E-state index contributed by atoms with van der Waals surface area (Å²) >= 11 is 0. The number of hydrogen-bond donors (Lipinski definition) is 5. The van der Waals surface area contributed by atoms with E-state index in [-0.39, 0.29) is 11.8 Å². The minimum absolute atomic E-state index is 0.132. The van der Waals surface area contributed by atoms with Gasteiger partial charge in [0.2, 0.25) is 5.95 Å². The third-order valence-electron chi connectivity index (χ3n) is 4.90. The second-order valence-corrected chi connectivity index (χ2v) is 6.93. The number of rotatable bonds is 7. The zero-order valence-electron chi connectivity index (χ0n) is 16.0. The van der Waals surface area contributed by atoms with Gasteiger partial charge in [0.05, 0.1) is 12.9 Å². The topological polar surface area (TPSA) is 164 Å². The highest BCUT2D eigenvalue weighted by molar-refractivity contribution is 5.83. The Bertz CT molecular complexity index is 1030. The minimum atomic E-state index is -1.26. The summed E-state index contributed by atoms with van der Waals surface area (Å²) in [6, 6.07) is 10.1. The Labute approximate surface area is 171 Å². The number of aromatic nitrogens is 4. The first kappa shape index (κ1) is 20.2. The quantitative estimate of drug-likeness (QED) is 0.266. The number of nitrogens with two attached hydrogens (primary N) is 1. The summed E-state index contributed by atoms with van der Waals surface area (Å²) < 4.78 is 6.99. The molecule has 30 heavy (non-hydrogen) atoms. The van der Waals surface area contributed by atoms with Gasteiger partial charge in [-0.1, -0.05) is 30.3 Å². The van der Waals surface area contributed by atoms with Crippen LogP contribution in [-0.2, 0) is 11.2 Å². The van der Waals surface area contributed by atoms with Crippen molar-refractivity contribution in [2.45, 2.75) is 37.4 Å². The van der Waals surface area contributed by atoms with Gasteiger partial charge in [-0.2, -0.15) is 15.1 Å². The summed E-state index contributed by atoms with van der Waals surface area (Å²) in [5.41, 5.74) is 10.6. The number of hydrogen-bond acceptors (Lipinski definition) is 10. The normalized spacial score (nSPS) is 24.1. The standard InChI is InChI=1S/C19H23N7O4/c20-16-13-17(26(10-21-13)18-15(29)14(28)12(9-27)30-18)24-19(23-16)25-22-8-4-7-11-5-2-1-3-6-11/h1-3,5-6,8,10,12,14-15,18,27-29H,4,7,9H2,(H3,20,23,24,25)/b22-8+. The van der Waals surface area contributed by atoms with Crippen molar-refractivity contribution >= 4 is 29.1 Å². The van der Waals surface area contributed by atoms with Crippen LogP contribution in [0.4, 0.5) is 11.8 Å². The fourth-order valence-corrected chi connectivity index (χ4v) is 3.33. The number of aliphatic hydroxyl groups excluding tert-OH is 3. The second-order valence-electron chi connectivity index (χ2n) is 6.93. The van der Waals surface area contributed by atoms with Crippen molar-refractivity contribution in [1.29, 1.82) is 0 Å². The Morgan fingerprint density at radius 2 is 2.00 bits per heavy atom. The van der Waals surface area contributed by atoms with E-state index < -0.39 is 31.1 Å². The molecular weight excluding hydrogens is 390 g/mol. The van der Waals surface area contributed by atoms with Crippen molar-refractivity contribution in [3.63, 3.8) is 0 Å². The molecule has 4 unspecified atom stereocenters. The largest absolute Gasteiger partial charge is 0.394 e. The van der Waals surface area contributed by atoms with Gasteiger partial charge in [0, 0.05) is 6.21 Å². The summed E-state index contributed by atoms with van der Waals surface area (Å²) in [5, 5.41) is 33.7. The lowest BCUT2D eigenvalue weighted by atomic mass is 10.1. The van der Waals surface area contributed by atoms with E-state index in [4.69, 9.17) is 10.5 Å². The van der Waals surface area contributed by atoms with Crippen LogP contribution >= 0.6 is 0 Å². The maximum Gasteiger partial charge on any atom is 0.247 e. The molecule has 3 heterocycles. The fourth-order valence-electron chi connectivity index (χ4n) is 3.33. The Balaban J connectivity index is 1.49. The lowest BCUT2D eigenvalue weighted by molar-refractivity contribution is -0.0511. The van der Waals surface area contributed by atoms with E-state index in [0.29, 0.717) is 11.2 Å². The summed E-state index contributed by atoms with van der Waals surface area (Å²) in [4.78, 5) is 12.7. The second kappa shape index (κ2) is 8.71. The number of benzene rings is 1. The van der Waals surface area contributed by atoms with Gasteiger partial charge < -0.3 is 25.8 Å². The van der Waals surface area contributed by atoms with E-state index in [1.165, 1.54) is 16.5 Å². The highest BCUT2D eigenvalue weighted by Gasteiger charge is 2.44. The molecule has 0 saturated carbocycles. The van der Waals surface area contributed by atoms with Crippen LogP contribution in [0, 0.1) is 0 Å². The molecule has 11 nitrogen and oxygen atoms in total. The van der Waals surface area contributed by atoms with Crippen molar-refractivity contribution in [3.05, 3.63) is 42.2 Å². The van der Waals surface area contributed by atoms with Crippen LogP contribution in [0.5, 0.6) is 0 Å². The molecule has 158 valence electrons. The van der Waals surface area contributed by atoms with Crippen LogP contribution in [0.15, 0.2) is 41.8 Å². The monoisotopic (exact) mass is 413 g/mol. The smallest absolute Gasteiger partial charge is 0.247 e. The summed E-state index contributed by atoms with van der Waals surface area (Å²) in [5.74, 6) is 0.289. The first-order valence-electron chi connectivity index (χ1n) is 9.52. The molecular formula is C19H23N7O4. The van der Waals surface area contributed by atoms with Crippen molar-refractivity contribution in [1.82, 2.24) is 19.5 Å². The predicted molar refractivity (Wildman–Crippen MR) is 110 cm³/mol. The van der Waals surface area contributed by atoms with Crippen molar-refractivity contribution < 1.29 is 20.1 Å². The molecule has 0 aliphatic carbocycles. The van der Waals surface area contributed by atoms with Crippen molar-refractivity contribution in [3.8, 4) is 0 Å². The van der Waals surface area contributed by atoms with E-state index in [9.17, 15) is 15.3 Å². The number of nitrogen functional groups attached to an aromatic ring is 1. The first-order chi connectivity index (χ1) is 14.6. The Morgan fingerprint density at radius 3 is 2.73 bits per heavy atom. The zero-order chi connectivity index (χ0) is 21.1. The molecule has 1 aliphatic heterocycles. The minimum Gasteiger partial charge on any atom is -0.394 e. The lowest BCUT2D eigenvalue weighted by Gasteiger charge is -2.16. The van der Waals surface area contributed by atoms with Crippen LogP contribution in [0.3, 0.4) is 0 Å². The van der Waals surface area contributed by atoms with Gasteiger partial charge in [-0.25, -0.2) is 10.4 Å². The molecule has 6 N–H and O–H groups in total. The van der Waals surface area contributed by atoms with Crippen molar-refractivity contribution in [2.75, 3.05) is 17.8 Å². The third-order valence-corrected chi connectivity index (χ3v) is 4.90. The van der Waals surface area contributed by atoms with Gasteiger partial charge >= 0.3 is 0 Å². The maximum absolute atomic E-state index is 10.3. The number of nitrogens with one attached hydrogen (secondary N) is 1. The predicted octanol–water partition coefficient (Wildman–Crippen LogP) is 0.0505. The van der Waals surface area contributed by atoms with E-state index in [2.05, 4.69) is 37.6 Å². The number of ether oxygens (including phenoxy) is 1. The first-order valence-corrected chi connectivity index (χ1v) is 9.52. The van der Waals surface area contributed by atoms with Crippen LogP contribution in [0.2, 0.25) is 0 Å². The van der Waals surface area contributed by atoms with Gasteiger partial charge in [-0.05, 0) is 18.4 Å². The molecule has 1 fully saturated rings. The molecule has 0 radical (unpaired) electrons. The average Bonchev–Trinajstić information content (AvgIpc) is 3.30. The van der Waals surface area contributed by atoms with E-state index in [0.717, 1.165) is 12.8 Å². The number of fused-ring (bicyclic) bond motifs is 1. The van der Waals surface area contributed by atoms with Crippen LogP contribution < -0.4 is 11.2 Å². The fraction of sp³-hybridized carbons (Fsp3) is 0.368. The van der Waals surface area contributed by atoms with Crippen LogP contribution in [0.1, 0.15) is 18.2 Å². The summed E-state index contributed by atoms with van der Waals surface area (Å²) in [6.45, 7) is -0.428. The summed E-state index contributed by atoms with van der Waals surface area (Å²) in [6.07, 6.45) is 0.323. The number of nitrogens with zero attached hydrogens (tertiary/aromatic N) is 5. The number of aliphatic hydroxyl groups is 3. The van der Waals surface area contributed by atoms with Gasteiger partial charge in [0.15, 0.2) is 17.7 Å². The number of imidazole rings is 1. The molecule has 0 spiro atoms. The third kappa shape index (κ3) is 3.96. The molecule has 0 bridgehead atoms. The summed E-state index contributed by atoms with van der Waals surface area (Å²) in [7, 11) is 0. The van der Waals surface area contributed by atoms with Gasteiger partial charge in [-0.15, -0.1) is 0 Å². The van der Waals surface area contributed by atoms with E-state index in [1.807, 2.05) is 18.2 Å². The Kier molecular flexibility index (Phi) is 5.86. The lowest BCUT2D eigenvalue weighted by Crippen LogP contribution is -2.33. The molecule has 4 atom stereocenters. The maximum atomic E-state index is 10.3. The highest BCUT2D eigenvalue weighted by Crippen LogP contribution is 2.32. The van der Waals surface area contributed by atoms with Crippen LogP contribution in [0.25, 0.3) is 11.2 Å². The molecule has 3 aromatic rings. The number of hydrazone groups is 1. The van der Waals surface area contributed by atoms with Gasteiger partial charge in [0.25, 0.3) is 0 Å². The molecule has 1 aromatic carbocycles. The van der Waals surface area contributed by atoms with E-state index >= 15 is 0 Å². The number of anilines is 2. The number of aryl methyl sites for hydroxylation is 1. The van der Waals surface area contributed by atoms with Crippen LogP contribution in [-0.4, -0.2) is 66.0 Å².